The summed E-state index contributed by atoms with van der Waals surface area (Å²) in [5.41, 5.74) is 2.19. The maximum atomic E-state index is 8.49. The molecule has 0 aromatic carbocycles. The molecular formula is C11H19N3. The minimum Gasteiger partial charge on any atom is -0.321 e. The van der Waals surface area contributed by atoms with E-state index in [0.29, 0.717) is 12.5 Å². The molecule has 0 amide bonds. The molecule has 0 aliphatic carbocycles. The molecule has 1 heterocycles. The molecule has 1 rings (SSSR count). The molecule has 1 aromatic heterocycles. The standard InChI is InChI=1S/C9H13N3.C2H6/c1-7(2)9-8(3)12(5-4-10)6-11-9;1-2/h6-7H,5H2,1-3H3;1-2H3. The van der Waals surface area contributed by atoms with Gasteiger partial charge in [0.1, 0.15) is 6.54 Å². The molecule has 0 unspecified atom stereocenters. The van der Waals surface area contributed by atoms with Gasteiger partial charge in [-0.3, -0.25) is 0 Å². The minimum atomic E-state index is 0.394. The summed E-state index contributed by atoms with van der Waals surface area (Å²) in [6.45, 7) is 10.6. The largest absolute Gasteiger partial charge is 0.321 e. The van der Waals surface area contributed by atoms with E-state index < -0.39 is 0 Å². The maximum Gasteiger partial charge on any atom is 0.111 e. The summed E-state index contributed by atoms with van der Waals surface area (Å²) in [6, 6.07) is 2.10. The van der Waals surface area contributed by atoms with Gasteiger partial charge in [0.2, 0.25) is 0 Å². The van der Waals surface area contributed by atoms with Gasteiger partial charge in [0, 0.05) is 5.69 Å². The molecular weight excluding hydrogens is 174 g/mol. The van der Waals surface area contributed by atoms with Crippen molar-refractivity contribution in [1.29, 1.82) is 5.26 Å². The van der Waals surface area contributed by atoms with Gasteiger partial charge in [-0.15, -0.1) is 0 Å². The van der Waals surface area contributed by atoms with Crippen molar-refractivity contribution in [2.24, 2.45) is 0 Å². The molecule has 0 aliphatic rings. The van der Waals surface area contributed by atoms with Gasteiger partial charge in [0.25, 0.3) is 0 Å². The first-order valence-corrected chi connectivity index (χ1v) is 5.05. The van der Waals surface area contributed by atoms with Crippen molar-refractivity contribution in [3.63, 3.8) is 0 Å². The van der Waals surface area contributed by atoms with E-state index in [-0.39, 0.29) is 0 Å². The molecule has 0 N–H and O–H groups in total. The Kier molecular flexibility index (Phi) is 5.62. The number of rotatable bonds is 2. The minimum absolute atomic E-state index is 0.394. The maximum absolute atomic E-state index is 8.49. The second-order valence-corrected chi connectivity index (χ2v) is 3.16. The highest BCUT2D eigenvalue weighted by molar-refractivity contribution is 5.15. The summed E-state index contributed by atoms with van der Waals surface area (Å²) in [5.74, 6) is 0.435. The molecule has 0 saturated carbocycles. The highest BCUT2D eigenvalue weighted by Crippen LogP contribution is 2.16. The third-order valence-electron chi connectivity index (χ3n) is 1.93. The molecule has 0 fully saturated rings. The lowest BCUT2D eigenvalue weighted by atomic mass is 10.1. The average molecular weight is 193 g/mol. The number of aromatic nitrogens is 2. The Morgan fingerprint density at radius 3 is 2.43 bits per heavy atom. The zero-order valence-electron chi connectivity index (χ0n) is 9.70. The predicted octanol–water partition coefficient (Wildman–Crippen LogP) is 2.86. The van der Waals surface area contributed by atoms with Crippen LogP contribution in [0.3, 0.4) is 0 Å². The first-order valence-electron chi connectivity index (χ1n) is 5.05. The van der Waals surface area contributed by atoms with Crippen LogP contribution in [-0.4, -0.2) is 9.55 Å². The first-order chi connectivity index (χ1) is 6.66. The van der Waals surface area contributed by atoms with Crippen molar-refractivity contribution in [1.82, 2.24) is 9.55 Å². The van der Waals surface area contributed by atoms with E-state index >= 15 is 0 Å². The Morgan fingerprint density at radius 2 is 2.07 bits per heavy atom. The zero-order chi connectivity index (χ0) is 11.1. The van der Waals surface area contributed by atoms with Crippen LogP contribution in [0.5, 0.6) is 0 Å². The first kappa shape index (κ1) is 12.7. The van der Waals surface area contributed by atoms with Crippen LogP contribution in [0.1, 0.15) is 45.0 Å². The van der Waals surface area contributed by atoms with Crippen LogP contribution in [-0.2, 0) is 6.54 Å². The van der Waals surface area contributed by atoms with E-state index in [9.17, 15) is 0 Å². The quantitative estimate of drug-likeness (QED) is 0.724. The van der Waals surface area contributed by atoms with Gasteiger partial charge >= 0.3 is 0 Å². The molecule has 3 nitrogen and oxygen atoms in total. The highest BCUT2D eigenvalue weighted by Gasteiger charge is 2.08. The smallest absolute Gasteiger partial charge is 0.111 e. The third kappa shape index (κ3) is 2.88. The summed E-state index contributed by atoms with van der Waals surface area (Å²) in [4.78, 5) is 4.25. The molecule has 0 bridgehead atoms. The van der Waals surface area contributed by atoms with Crippen LogP contribution in [0.2, 0.25) is 0 Å². The lowest BCUT2D eigenvalue weighted by Gasteiger charge is -2.03. The van der Waals surface area contributed by atoms with Crippen molar-refractivity contribution < 1.29 is 0 Å². The van der Waals surface area contributed by atoms with Crippen LogP contribution >= 0.6 is 0 Å². The van der Waals surface area contributed by atoms with E-state index in [1.54, 1.807) is 6.33 Å². The van der Waals surface area contributed by atoms with Gasteiger partial charge in [-0.05, 0) is 12.8 Å². The molecule has 78 valence electrons. The molecule has 0 aliphatic heterocycles. The second-order valence-electron chi connectivity index (χ2n) is 3.16. The van der Waals surface area contributed by atoms with Crippen LogP contribution in [0.25, 0.3) is 0 Å². The number of hydrogen-bond donors (Lipinski definition) is 0. The lowest BCUT2D eigenvalue weighted by molar-refractivity contribution is 0.778. The van der Waals surface area contributed by atoms with Gasteiger partial charge in [0.05, 0.1) is 18.1 Å². The molecule has 1 aromatic rings. The Balaban J connectivity index is 0.000000791. The SMILES string of the molecule is CC.Cc1c(C(C)C)ncn1CC#N. The van der Waals surface area contributed by atoms with Crippen LogP contribution < -0.4 is 0 Å². The molecule has 0 atom stereocenters. The molecule has 0 radical (unpaired) electrons. The Bertz CT molecular complexity index is 305. The predicted molar refractivity (Wildman–Crippen MR) is 58.0 cm³/mol. The molecule has 14 heavy (non-hydrogen) atoms. The number of imidazole rings is 1. The Hall–Kier alpha value is -1.30. The fourth-order valence-electron chi connectivity index (χ4n) is 1.26. The van der Waals surface area contributed by atoms with Gasteiger partial charge < -0.3 is 4.57 Å². The van der Waals surface area contributed by atoms with E-state index in [2.05, 4.69) is 24.9 Å². The summed E-state index contributed by atoms with van der Waals surface area (Å²) in [6.07, 6.45) is 1.73. The van der Waals surface area contributed by atoms with E-state index in [0.717, 1.165) is 11.4 Å². The van der Waals surface area contributed by atoms with E-state index in [1.807, 2.05) is 25.3 Å². The average Bonchev–Trinajstić information content (AvgIpc) is 2.52. The lowest BCUT2D eigenvalue weighted by Crippen LogP contribution is -1.98. The Morgan fingerprint density at radius 1 is 1.50 bits per heavy atom. The van der Waals surface area contributed by atoms with Gasteiger partial charge in [-0.25, -0.2) is 4.98 Å². The van der Waals surface area contributed by atoms with Crippen LogP contribution in [0.4, 0.5) is 0 Å². The molecule has 3 heteroatoms. The highest BCUT2D eigenvalue weighted by atomic mass is 15.0. The van der Waals surface area contributed by atoms with Crippen molar-refractivity contribution in [2.75, 3.05) is 0 Å². The van der Waals surface area contributed by atoms with Crippen molar-refractivity contribution >= 4 is 0 Å². The van der Waals surface area contributed by atoms with Crippen molar-refractivity contribution in [2.45, 2.75) is 47.1 Å². The van der Waals surface area contributed by atoms with Crippen LogP contribution in [0, 0.1) is 18.3 Å². The topological polar surface area (TPSA) is 41.6 Å². The molecule has 0 spiro atoms. The Labute approximate surface area is 86.4 Å². The fourth-order valence-corrected chi connectivity index (χ4v) is 1.26. The number of nitriles is 1. The van der Waals surface area contributed by atoms with Crippen molar-refractivity contribution in [3.05, 3.63) is 17.7 Å². The van der Waals surface area contributed by atoms with Gasteiger partial charge in [0.15, 0.2) is 0 Å². The summed E-state index contributed by atoms with van der Waals surface area (Å²) in [5, 5.41) is 8.49. The zero-order valence-corrected chi connectivity index (χ0v) is 9.70. The summed E-state index contributed by atoms with van der Waals surface area (Å²) < 4.78 is 1.87. The third-order valence-corrected chi connectivity index (χ3v) is 1.93. The van der Waals surface area contributed by atoms with Crippen molar-refractivity contribution in [3.8, 4) is 6.07 Å². The number of nitrogens with zero attached hydrogens (tertiary/aromatic N) is 3. The number of hydrogen-bond acceptors (Lipinski definition) is 2. The van der Waals surface area contributed by atoms with Gasteiger partial charge in [-0.1, -0.05) is 27.7 Å². The van der Waals surface area contributed by atoms with Gasteiger partial charge in [-0.2, -0.15) is 5.26 Å². The monoisotopic (exact) mass is 193 g/mol. The summed E-state index contributed by atoms with van der Waals surface area (Å²) >= 11 is 0. The normalized spacial score (nSPS) is 9.21. The molecule has 0 saturated heterocycles. The summed E-state index contributed by atoms with van der Waals surface area (Å²) in [7, 11) is 0. The fraction of sp³-hybridized carbons (Fsp3) is 0.636. The van der Waals surface area contributed by atoms with Crippen LogP contribution in [0.15, 0.2) is 6.33 Å². The van der Waals surface area contributed by atoms with E-state index in [1.165, 1.54) is 0 Å². The van der Waals surface area contributed by atoms with E-state index in [4.69, 9.17) is 5.26 Å². The second kappa shape index (κ2) is 6.20.